The van der Waals surface area contributed by atoms with Crippen molar-refractivity contribution in [2.75, 3.05) is 32.8 Å². The van der Waals surface area contributed by atoms with Crippen molar-refractivity contribution in [1.29, 1.82) is 0 Å². The highest BCUT2D eigenvalue weighted by molar-refractivity contribution is 5.79. The predicted octanol–water partition coefficient (Wildman–Crippen LogP) is 2.37. The van der Waals surface area contributed by atoms with Crippen molar-refractivity contribution < 1.29 is 9.53 Å². The Labute approximate surface area is 132 Å². The second-order valence-corrected chi connectivity index (χ2v) is 6.37. The first-order chi connectivity index (χ1) is 10.8. The molecule has 2 fully saturated rings. The maximum absolute atomic E-state index is 12.5. The highest BCUT2D eigenvalue weighted by Gasteiger charge is 2.26. The molecule has 1 aromatic rings. The van der Waals surface area contributed by atoms with Gasteiger partial charge in [-0.15, -0.1) is 0 Å². The summed E-state index contributed by atoms with van der Waals surface area (Å²) >= 11 is 0. The van der Waals surface area contributed by atoms with Gasteiger partial charge in [-0.05, 0) is 18.4 Å². The van der Waals surface area contributed by atoms with Gasteiger partial charge in [0.25, 0.3) is 0 Å². The summed E-state index contributed by atoms with van der Waals surface area (Å²) in [5, 5.41) is 3.30. The number of hydrogen-bond acceptors (Lipinski definition) is 3. The van der Waals surface area contributed by atoms with Crippen LogP contribution < -0.4 is 5.32 Å². The van der Waals surface area contributed by atoms with E-state index in [1.165, 1.54) is 18.4 Å². The van der Waals surface area contributed by atoms with Crippen molar-refractivity contribution in [3.05, 3.63) is 35.9 Å². The predicted molar refractivity (Wildman–Crippen MR) is 86.5 cm³/mol. The van der Waals surface area contributed by atoms with E-state index in [-0.39, 0.29) is 17.9 Å². The Morgan fingerprint density at radius 3 is 2.55 bits per heavy atom. The number of carbonyl (C=O) groups excluding carboxylic acids is 1. The molecule has 1 aromatic carbocycles. The van der Waals surface area contributed by atoms with Crippen LogP contribution in [0.5, 0.6) is 0 Å². The van der Waals surface area contributed by atoms with Crippen LogP contribution in [0.15, 0.2) is 30.3 Å². The second-order valence-electron chi connectivity index (χ2n) is 6.37. The summed E-state index contributed by atoms with van der Waals surface area (Å²) in [6, 6.07) is 10.4. The first kappa shape index (κ1) is 15.5. The summed E-state index contributed by atoms with van der Waals surface area (Å²) in [6.07, 6.45) is 4.48. The number of nitrogens with one attached hydrogen (secondary N) is 1. The molecule has 1 unspecified atom stereocenters. The monoisotopic (exact) mass is 302 g/mol. The summed E-state index contributed by atoms with van der Waals surface area (Å²) in [7, 11) is 0. The molecule has 4 nitrogen and oxygen atoms in total. The molecule has 1 atom stereocenters. The average molecular weight is 302 g/mol. The number of amides is 1. The number of rotatable bonds is 5. The maximum atomic E-state index is 12.5. The highest BCUT2D eigenvalue weighted by atomic mass is 16.5. The molecule has 1 N–H and O–H groups in total. The van der Waals surface area contributed by atoms with Crippen molar-refractivity contribution in [3.8, 4) is 0 Å². The summed E-state index contributed by atoms with van der Waals surface area (Å²) in [6.45, 7) is 4.34. The van der Waals surface area contributed by atoms with E-state index in [0.717, 1.165) is 45.7 Å². The van der Waals surface area contributed by atoms with Crippen LogP contribution in [0.4, 0.5) is 0 Å². The molecular weight excluding hydrogens is 276 g/mol. The number of nitrogens with zero attached hydrogens (tertiary/aromatic N) is 1. The van der Waals surface area contributed by atoms with Gasteiger partial charge in [0.05, 0.1) is 19.3 Å². The largest absolute Gasteiger partial charge is 0.379 e. The fourth-order valence-corrected chi connectivity index (χ4v) is 3.44. The Bertz CT molecular complexity index is 465. The molecule has 2 aliphatic rings. The number of benzene rings is 1. The van der Waals surface area contributed by atoms with Gasteiger partial charge in [0.15, 0.2) is 0 Å². The molecule has 1 saturated heterocycles. The number of ether oxygens (including phenoxy) is 1. The van der Waals surface area contributed by atoms with Gasteiger partial charge >= 0.3 is 0 Å². The van der Waals surface area contributed by atoms with Gasteiger partial charge in [-0.1, -0.05) is 43.2 Å². The molecule has 1 amide bonds. The van der Waals surface area contributed by atoms with Crippen LogP contribution in [-0.4, -0.2) is 43.7 Å². The summed E-state index contributed by atoms with van der Waals surface area (Å²) in [4.78, 5) is 14.9. The van der Waals surface area contributed by atoms with Gasteiger partial charge in [-0.25, -0.2) is 0 Å². The summed E-state index contributed by atoms with van der Waals surface area (Å²) < 4.78 is 5.42. The zero-order valence-electron chi connectivity index (χ0n) is 13.2. The van der Waals surface area contributed by atoms with E-state index in [2.05, 4.69) is 22.3 Å². The smallest absolute Gasteiger partial charge is 0.223 e. The summed E-state index contributed by atoms with van der Waals surface area (Å²) in [5.74, 6) is 0.454. The topological polar surface area (TPSA) is 41.6 Å². The zero-order chi connectivity index (χ0) is 15.2. The Balaban J connectivity index is 1.66. The highest BCUT2D eigenvalue weighted by Crippen LogP contribution is 2.26. The van der Waals surface area contributed by atoms with Gasteiger partial charge < -0.3 is 10.1 Å². The molecule has 4 heteroatoms. The van der Waals surface area contributed by atoms with Crippen molar-refractivity contribution in [3.63, 3.8) is 0 Å². The molecule has 1 heterocycles. The molecular formula is C18H26N2O2. The Kier molecular flexibility index (Phi) is 5.46. The van der Waals surface area contributed by atoms with Crippen LogP contribution in [-0.2, 0) is 9.53 Å². The lowest BCUT2D eigenvalue weighted by atomic mass is 10.0. The van der Waals surface area contributed by atoms with E-state index >= 15 is 0 Å². The minimum Gasteiger partial charge on any atom is -0.379 e. The summed E-state index contributed by atoms with van der Waals surface area (Å²) in [5.41, 5.74) is 1.19. The van der Waals surface area contributed by atoms with E-state index < -0.39 is 0 Å². The van der Waals surface area contributed by atoms with Crippen LogP contribution in [0.25, 0.3) is 0 Å². The zero-order valence-corrected chi connectivity index (χ0v) is 13.2. The Morgan fingerprint density at radius 1 is 1.18 bits per heavy atom. The van der Waals surface area contributed by atoms with Crippen molar-refractivity contribution in [1.82, 2.24) is 10.2 Å². The molecule has 1 aliphatic carbocycles. The van der Waals surface area contributed by atoms with Crippen molar-refractivity contribution >= 4 is 5.91 Å². The molecule has 3 rings (SSSR count). The number of morpholine rings is 1. The van der Waals surface area contributed by atoms with E-state index in [1.54, 1.807) is 0 Å². The Hall–Kier alpha value is -1.39. The van der Waals surface area contributed by atoms with Crippen LogP contribution in [0.2, 0.25) is 0 Å². The fourth-order valence-electron chi connectivity index (χ4n) is 3.44. The molecule has 0 spiro atoms. The Morgan fingerprint density at radius 2 is 1.86 bits per heavy atom. The second kappa shape index (κ2) is 7.75. The van der Waals surface area contributed by atoms with E-state index in [1.807, 2.05) is 18.2 Å². The third-order valence-electron chi connectivity index (χ3n) is 4.79. The first-order valence-corrected chi connectivity index (χ1v) is 8.48. The van der Waals surface area contributed by atoms with Crippen LogP contribution in [0, 0.1) is 5.92 Å². The number of carbonyl (C=O) groups is 1. The normalized spacial score (nSPS) is 21.6. The SMILES string of the molecule is O=C(NC(CN1CCOCC1)c1ccccc1)C1CCCC1. The molecule has 22 heavy (non-hydrogen) atoms. The molecule has 0 radical (unpaired) electrons. The lowest BCUT2D eigenvalue weighted by molar-refractivity contribution is -0.125. The van der Waals surface area contributed by atoms with Gasteiger partial charge in [0.1, 0.15) is 0 Å². The van der Waals surface area contributed by atoms with Crippen LogP contribution in [0.1, 0.15) is 37.3 Å². The van der Waals surface area contributed by atoms with Crippen LogP contribution in [0.3, 0.4) is 0 Å². The average Bonchev–Trinajstić information content (AvgIpc) is 3.11. The fraction of sp³-hybridized carbons (Fsp3) is 0.611. The molecule has 0 bridgehead atoms. The molecule has 1 saturated carbocycles. The van der Waals surface area contributed by atoms with E-state index in [9.17, 15) is 4.79 Å². The van der Waals surface area contributed by atoms with Gasteiger partial charge in [-0.2, -0.15) is 0 Å². The third-order valence-corrected chi connectivity index (χ3v) is 4.79. The number of hydrogen-bond donors (Lipinski definition) is 1. The van der Waals surface area contributed by atoms with E-state index in [0.29, 0.717) is 0 Å². The van der Waals surface area contributed by atoms with E-state index in [4.69, 9.17) is 4.74 Å². The first-order valence-electron chi connectivity index (χ1n) is 8.48. The molecule has 120 valence electrons. The quantitative estimate of drug-likeness (QED) is 0.908. The minimum atomic E-state index is 0.0763. The molecule has 1 aliphatic heterocycles. The molecule has 0 aromatic heterocycles. The standard InChI is InChI=1S/C18H26N2O2/c21-18(16-8-4-5-9-16)19-17(15-6-2-1-3-7-15)14-20-10-12-22-13-11-20/h1-3,6-7,16-17H,4-5,8-14H2,(H,19,21). The van der Waals surface area contributed by atoms with Crippen molar-refractivity contribution in [2.24, 2.45) is 5.92 Å². The van der Waals surface area contributed by atoms with Gasteiger partial charge in [0, 0.05) is 25.6 Å². The van der Waals surface area contributed by atoms with Gasteiger partial charge in [-0.3, -0.25) is 9.69 Å². The third kappa shape index (κ3) is 4.08. The minimum absolute atomic E-state index is 0.0763. The maximum Gasteiger partial charge on any atom is 0.223 e. The lowest BCUT2D eigenvalue weighted by Gasteiger charge is -2.31. The van der Waals surface area contributed by atoms with Crippen LogP contribution >= 0.6 is 0 Å². The lowest BCUT2D eigenvalue weighted by Crippen LogP contribution is -2.44. The van der Waals surface area contributed by atoms with Gasteiger partial charge in [0.2, 0.25) is 5.91 Å². The van der Waals surface area contributed by atoms with Crippen molar-refractivity contribution in [2.45, 2.75) is 31.7 Å².